The number of nitrogens with two attached hydrogens (primary N) is 1. The minimum atomic E-state index is -0.514. The molecule has 3 nitrogen and oxygen atoms in total. The van der Waals surface area contributed by atoms with Crippen LogP contribution in [0.1, 0.15) is 28.4 Å². The molecule has 0 heterocycles. The zero-order chi connectivity index (χ0) is 15.4. The molecule has 0 aromatic heterocycles. The number of nitrogen functional groups attached to an aromatic ring is 1. The fraction of sp³-hybridized carbons (Fsp3) is 0.235. The molecule has 0 radical (unpaired) electrons. The summed E-state index contributed by atoms with van der Waals surface area (Å²) in [6.07, 6.45) is 0.745. The molecule has 0 saturated heterocycles. The van der Waals surface area contributed by atoms with E-state index in [1.807, 2.05) is 38.1 Å². The molecule has 0 bridgehead atoms. The number of amides is 1. The first-order valence-electron chi connectivity index (χ1n) is 6.87. The summed E-state index contributed by atoms with van der Waals surface area (Å²) >= 11 is 0. The number of hydrogen-bond acceptors (Lipinski definition) is 2. The second-order valence-electron chi connectivity index (χ2n) is 5.24. The Morgan fingerprint density at radius 2 is 2.00 bits per heavy atom. The van der Waals surface area contributed by atoms with Crippen LogP contribution in [0.25, 0.3) is 0 Å². The third-order valence-electron chi connectivity index (χ3n) is 3.42. The van der Waals surface area contributed by atoms with Crippen molar-refractivity contribution >= 4 is 11.6 Å². The molecular weight excluding hydrogens is 267 g/mol. The van der Waals surface area contributed by atoms with Crippen molar-refractivity contribution in [2.75, 3.05) is 5.73 Å². The van der Waals surface area contributed by atoms with Crippen molar-refractivity contribution in [3.05, 3.63) is 65.0 Å². The normalized spacial score (nSPS) is 12.0. The van der Waals surface area contributed by atoms with Crippen molar-refractivity contribution in [1.29, 1.82) is 0 Å². The zero-order valence-electron chi connectivity index (χ0n) is 12.2. The average molecular weight is 286 g/mol. The van der Waals surface area contributed by atoms with Gasteiger partial charge in [-0.3, -0.25) is 4.79 Å². The predicted octanol–water partition coefficient (Wildman–Crippen LogP) is 3.08. The molecule has 4 heteroatoms. The van der Waals surface area contributed by atoms with Gasteiger partial charge in [0.1, 0.15) is 5.82 Å². The summed E-state index contributed by atoms with van der Waals surface area (Å²) in [4.78, 5) is 12.1. The van der Waals surface area contributed by atoms with Crippen LogP contribution >= 0.6 is 0 Å². The Kier molecular flexibility index (Phi) is 4.58. The van der Waals surface area contributed by atoms with Crippen LogP contribution in [-0.2, 0) is 6.42 Å². The third kappa shape index (κ3) is 3.81. The van der Waals surface area contributed by atoms with E-state index in [2.05, 4.69) is 5.32 Å². The van der Waals surface area contributed by atoms with E-state index in [1.165, 1.54) is 29.3 Å². The standard InChI is InChI=1S/C17H19FN2O/c1-11-5-3-4-6-13(11)9-12(2)20-17(21)14-7-8-15(18)16(19)10-14/h3-8,10,12H,9,19H2,1-2H3,(H,20,21). The van der Waals surface area contributed by atoms with Crippen molar-refractivity contribution in [2.24, 2.45) is 0 Å². The zero-order valence-corrected chi connectivity index (χ0v) is 12.2. The molecule has 21 heavy (non-hydrogen) atoms. The molecule has 0 fully saturated rings. The van der Waals surface area contributed by atoms with Crippen molar-refractivity contribution in [1.82, 2.24) is 5.32 Å². The van der Waals surface area contributed by atoms with E-state index in [-0.39, 0.29) is 17.6 Å². The highest BCUT2D eigenvalue weighted by atomic mass is 19.1. The number of hydrogen-bond donors (Lipinski definition) is 2. The summed E-state index contributed by atoms with van der Waals surface area (Å²) in [5.41, 5.74) is 8.22. The summed E-state index contributed by atoms with van der Waals surface area (Å²) in [5.74, 6) is -0.762. The smallest absolute Gasteiger partial charge is 0.251 e. The van der Waals surface area contributed by atoms with Crippen LogP contribution in [0.15, 0.2) is 42.5 Å². The van der Waals surface area contributed by atoms with Gasteiger partial charge in [0.15, 0.2) is 0 Å². The molecule has 3 N–H and O–H groups in total. The van der Waals surface area contributed by atoms with Gasteiger partial charge in [0.2, 0.25) is 0 Å². The van der Waals surface area contributed by atoms with Crippen LogP contribution in [0, 0.1) is 12.7 Å². The maximum absolute atomic E-state index is 13.1. The van der Waals surface area contributed by atoms with Crippen LogP contribution in [0.3, 0.4) is 0 Å². The van der Waals surface area contributed by atoms with Crippen molar-refractivity contribution in [2.45, 2.75) is 26.3 Å². The highest BCUT2D eigenvalue weighted by Gasteiger charge is 2.12. The lowest BCUT2D eigenvalue weighted by atomic mass is 10.0. The number of anilines is 1. The lowest BCUT2D eigenvalue weighted by Crippen LogP contribution is -2.34. The highest BCUT2D eigenvalue weighted by Crippen LogP contribution is 2.13. The topological polar surface area (TPSA) is 55.1 Å². The van der Waals surface area contributed by atoms with E-state index in [9.17, 15) is 9.18 Å². The third-order valence-corrected chi connectivity index (χ3v) is 3.42. The largest absolute Gasteiger partial charge is 0.396 e. The van der Waals surface area contributed by atoms with Crippen molar-refractivity contribution in [3.8, 4) is 0 Å². The molecule has 2 rings (SSSR count). The quantitative estimate of drug-likeness (QED) is 0.849. The summed E-state index contributed by atoms with van der Waals surface area (Å²) in [7, 11) is 0. The van der Waals surface area contributed by atoms with Gasteiger partial charge in [-0.1, -0.05) is 24.3 Å². The summed E-state index contributed by atoms with van der Waals surface area (Å²) in [5, 5.41) is 2.90. The van der Waals surface area contributed by atoms with E-state index in [0.717, 1.165) is 6.42 Å². The van der Waals surface area contributed by atoms with Crippen LogP contribution in [-0.4, -0.2) is 11.9 Å². The van der Waals surface area contributed by atoms with Gasteiger partial charge in [0.25, 0.3) is 5.91 Å². The van der Waals surface area contributed by atoms with Gasteiger partial charge in [-0.15, -0.1) is 0 Å². The van der Waals surface area contributed by atoms with Gasteiger partial charge >= 0.3 is 0 Å². The lowest BCUT2D eigenvalue weighted by molar-refractivity contribution is 0.0940. The van der Waals surface area contributed by atoms with E-state index in [1.54, 1.807) is 0 Å². The number of aryl methyl sites for hydroxylation is 1. The molecule has 110 valence electrons. The predicted molar refractivity (Wildman–Crippen MR) is 82.6 cm³/mol. The SMILES string of the molecule is Cc1ccccc1CC(C)NC(=O)c1ccc(F)c(N)c1. The number of rotatable bonds is 4. The number of benzene rings is 2. The van der Waals surface area contributed by atoms with Crippen LogP contribution in [0.4, 0.5) is 10.1 Å². The molecule has 1 atom stereocenters. The molecule has 0 spiro atoms. The van der Waals surface area contributed by atoms with Crippen molar-refractivity contribution < 1.29 is 9.18 Å². The van der Waals surface area contributed by atoms with Gasteiger partial charge in [-0.25, -0.2) is 4.39 Å². The van der Waals surface area contributed by atoms with Crippen LogP contribution in [0.2, 0.25) is 0 Å². The van der Waals surface area contributed by atoms with Gasteiger partial charge < -0.3 is 11.1 Å². The van der Waals surface area contributed by atoms with Crippen LogP contribution < -0.4 is 11.1 Å². The molecule has 0 aliphatic rings. The van der Waals surface area contributed by atoms with E-state index in [4.69, 9.17) is 5.73 Å². The minimum Gasteiger partial charge on any atom is -0.396 e. The summed E-state index contributed by atoms with van der Waals surface area (Å²) in [6, 6.07) is 12.0. The summed E-state index contributed by atoms with van der Waals surface area (Å²) in [6.45, 7) is 3.99. The molecule has 2 aromatic carbocycles. The first-order valence-corrected chi connectivity index (χ1v) is 6.87. The second-order valence-corrected chi connectivity index (χ2v) is 5.24. The van der Waals surface area contributed by atoms with Gasteiger partial charge in [0.05, 0.1) is 5.69 Å². The van der Waals surface area contributed by atoms with E-state index < -0.39 is 5.82 Å². The van der Waals surface area contributed by atoms with Gasteiger partial charge in [-0.05, 0) is 49.6 Å². The van der Waals surface area contributed by atoms with E-state index in [0.29, 0.717) is 5.56 Å². The number of carbonyl (C=O) groups is 1. The second kappa shape index (κ2) is 6.39. The van der Waals surface area contributed by atoms with Gasteiger partial charge in [-0.2, -0.15) is 0 Å². The maximum Gasteiger partial charge on any atom is 0.251 e. The maximum atomic E-state index is 13.1. The fourth-order valence-corrected chi connectivity index (χ4v) is 2.21. The van der Waals surface area contributed by atoms with E-state index >= 15 is 0 Å². The molecule has 1 amide bonds. The average Bonchev–Trinajstić information content (AvgIpc) is 2.44. The first kappa shape index (κ1) is 15.0. The van der Waals surface area contributed by atoms with Crippen LogP contribution in [0.5, 0.6) is 0 Å². The Morgan fingerprint density at radius 3 is 2.67 bits per heavy atom. The number of halogens is 1. The Hall–Kier alpha value is -2.36. The molecule has 0 aliphatic heterocycles. The molecule has 2 aromatic rings. The Labute approximate surface area is 124 Å². The Balaban J connectivity index is 2.02. The highest BCUT2D eigenvalue weighted by molar-refractivity contribution is 5.95. The molecule has 0 aliphatic carbocycles. The fourth-order valence-electron chi connectivity index (χ4n) is 2.21. The monoisotopic (exact) mass is 286 g/mol. The molecular formula is C17H19FN2O. The van der Waals surface area contributed by atoms with Crippen molar-refractivity contribution in [3.63, 3.8) is 0 Å². The Bertz CT molecular complexity index is 655. The first-order chi connectivity index (χ1) is 9.97. The minimum absolute atomic E-state index is 0.0193. The lowest BCUT2D eigenvalue weighted by Gasteiger charge is -2.15. The number of carbonyl (C=O) groups excluding carboxylic acids is 1. The molecule has 1 unspecified atom stereocenters. The summed E-state index contributed by atoms with van der Waals surface area (Å²) < 4.78 is 13.1. The Morgan fingerprint density at radius 1 is 1.29 bits per heavy atom. The number of nitrogens with one attached hydrogen (secondary N) is 1. The van der Waals surface area contributed by atoms with Gasteiger partial charge in [0, 0.05) is 11.6 Å². The molecule has 0 saturated carbocycles.